The molecule has 0 radical (unpaired) electrons. The van der Waals surface area contributed by atoms with Crippen molar-refractivity contribution in [3.8, 4) is 5.75 Å². The van der Waals surface area contributed by atoms with Crippen molar-refractivity contribution in [1.82, 2.24) is 4.98 Å². The summed E-state index contributed by atoms with van der Waals surface area (Å²) < 4.78 is 5.95. The van der Waals surface area contributed by atoms with Gasteiger partial charge in [-0.2, -0.15) is 0 Å². The molecule has 3 aromatic rings. The normalized spacial score (nSPS) is 12.0. The lowest BCUT2D eigenvalue weighted by atomic mass is 9.79. The molecule has 37 heavy (non-hydrogen) atoms. The lowest BCUT2D eigenvalue weighted by Crippen LogP contribution is -2.31. The van der Waals surface area contributed by atoms with E-state index >= 15 is 0 Å². The van der Waals surface area contributed by atoms with Gasteiger partial charge in [0.1, 0.15) is 12.4 Å². The van der Waals surface area contributed by atoms with Crippen molar-refractivity contribution in [2.75, 3.05) is 11.9 Å². The minimum absolute atomic E-state index is 0.118. The molecule has 0 unspecified atom stereocenters. The number of nitrogens with zero attached hydrogens (tertiary/aromatic N) is 1. The van der Waals surface area contributed by atoms with E-state index in [1.165, 1.54) is 5.56 Å². The maximum Gasteiger partial charge on any atom is 0.309 e. The number of anilines is 1. The van der Waals surface area contributed by atoms with Crippen LogP contribution in [-0.4, -0.2) is 22.6 Å². The van der Waals surface area contributed by atoms with Crippen LogP contribution >= 0.6 is 0 Å². The monoisotopic (exact) mass is 500 g/mol. The van der Waals surface area contributed by atoms with Crippen molar-refractivity contribution in [3.63, 3.8) is 0 Å². The van der Waals surface area contributed by atoms with E-state index in [2.05, 4.69) is 44.3 Å². The van der Waals surface area contributed by atoms with Crippen LogP contribution in [0.2, 0.25) is 0 Å². The number of ether oxygens (including phenoxy) is 1. The number of carboxylic acid groups (broad SMARTS) is 1. The van der Waals surface area contributed by atoms with Crippen molar-refractivity contribution >= 4 is 23.8 Å². The van der Waals surface area contributed by atoms with Crippen LogP contribution in [0.3, 0.4) is 0 Å². The highest BCUT2D eigenvalue weighted by molar-refractivity contribution is 5.74. The minimum Gasteiger partial charge on any atom is -0.487 e. The summed E-state index contributed by atoms with van der Waals surface area (Å²) in [5.41, 5.74) is 4.47. The molecule has 1 aromatic heterocycles. The van der Waals surface area contributed by atoms with Crippen LogP contribution in [0.15, 0.2) is 66.7 Å². The van der Waals surface area contributed by atoms with E-state index in [-0.39, 0.29) is 5.41 Å². The molecule has 0 bridgehead atoms. The highest BCUT2D eigenvalue weighted by Crippen LogP contribution is 2.31. The number of pyridine rings is 1. The molecule has 0 amide bonds. The molecular weight excluding hydrogens is 460 g/mol. The second kappa shape index (κ2) is 12.6. The Morgan fingerprint density at radius 1 is 0.973 bits per heavy atom. The topological polar surface area (TPSA) is 71.5 Å². The van der Waals surface area contributed by atoms with E-state index in [0.717, 1.165) is 28.4 Å². The van der Waals surface area contributed by atoms with Gasteiger partial charge in [0.2, 0.25) is 0 Å². The third kappa shape index (κ3) is 7.94. The van der Waals surface area contributed by atoms with E-state index < -0.39 is 11.4 Å². The fourth-order valence-corrected chi connectivity index (χ4v) is 4.27. The van der Waals surface area contributed by atoms with Crippen LogP contribution < -0.4 is 10.1 Å². The van der Waals surface area contributed by atoms with Crippen LogP contribution in [0.25, 0.3) is 12.2 Å². The lowest BCUT2D eigenvalue weighted by molar-refractivity contribution is -0.149. The number of aromatic nitrogens is 1. The summed E-state index contributed by atoms with van der Waals surface area (Å²) >= 11 is 0. The van der Waals surface area contributed by atoms with E-state index in [0.29, 0.717) is 32.4 Å². The number of nitrogens with one attached hydrogen (secondary N) is 1. The highest BCUT2D eigenvalue weighted by Gasteiger charge is 2.34. The molecule has 196 valence electrons. The zero-order valence-corrected chi connectivity index (χ0v) is 22.8. The van der Waals surface area contributed by atoms with E-state index in [4.69, 9.17) is 9.72 Å². The van der Waals surface area contributed by atoms with Gasteiger partial charge in [-0.25, -0.2) is 4.98 Å². The Morgan fingerprint density at radius 2 is 1.68 bits per heavy atom. The third-order valence-corrected chi connectivity index (χ3v) is 7.01. The molecule has 0 saturated heterocycles. The Kier molecular flexibility index (Phi) is 9.51. The van der Waals surface area contributed by atoms with Gasteiger partial charge in [-0.1, -0.05) is 71.0 Å². The van der Waals surface area contributed by atoms with Gasteiger partial charge in [0.25, 0.3) is 0 Å². The van der Waals surface area contributed by atoms with E-state index in [1.54, 1.807) is 0 Å². The number of aliphatic carboxylic acids is 1. The molecule has 0 aliphatic rings. The molecule has 0 aliphatic carbocycles. The first kappa shape index (κ1) is 28.0. The number of carbonyl (C=O) groups is 1. The van der Waals surface area contributed by atoms with Gasteiger partial charge in [-0.3, -0.25) is 4.79 Å². The number of carboxylic acids is 1. The molecule has 5 nitrogen and oxygen atoms in total. The molecule has 3 rings (SSSR count). The second-order valence-electron chi connectivity index (χ2n) is 10.5. The van der Waals surface area contributed by atoms with Gasteiger partial charge in [-0.15, -0.1) is 0 Å². The summed E-state index contributed by atoms with van der Waals surface area (Å²) in [6.45, 7) is 11.5. The Balaban J connectivity index is 1.58. The molecular formula is C32H40N2O3. The van der Waals surface area contributed by atoms with Crippen LogP contribution in [0.4, 0.5) is 5.69 Å². The molecule has 0 atom stereocenters. The first-order valence-electron chi connectivity index (χ1n) is 13.1. The fraction of sp³-hybridized carbons (Fsp3) is 0.375. The van der Waals surface area contributed by atoms with Crippen molar-refractivity contribution in [2.24, 2.45) is 5.41 Å². The average Bonchev–Trinajstić information content (AvgIpc) is 2.89. The predicted octanol–water partition coefficient (Wildman–Crippen LogP) is 7.82. The number of rotatable bonds is 12. The first-order chi connectivity index (χ1) is 17.6. The van der Waals surface area contributed by atoms with Crippen molar-refractivity contribution in [2.45, 2.75) is 65.9 Å². The lowest BCUT2D eigenvalue weighted by Gasteiger charge is -2.26. The van der Waals surface area contributed by atoms with Crippen molar-refractivity contribution < 1.29 is 14.6 Å². The maximum atomic E-state index is 11.7. The van der Waals surface area contributed by atoms with E-state index in [9.17, 15) is 9.90 Å². The summed E-state index contributed by atoms with van der Waals surface area (Å²) in [4.78, 5) is 16.4. The van der Waals surface area contributed by atoms with Crippen LogP contribution in [0.5, 0.6) is 5.75 Å². The highest BCUT2D eigenvalue weighted by atomic mass is 16.5. The number of hydrogen-bond acceptors (Lipinski definition) is 4. The van der Waals surface area contributed by atoms with Crippen LogP contribution in [0.1, 0.15) is 76.4 Å². The minimum atomic E-state index is -0.713. The van der Waals surface area contributed by atoms with E-state index in [1.807, 2.05) is 74.5 Å². The summed E-state index contributed by atoms with van der Waals surface area (Å²) in [5, 5.41) is 13.0. The number of hydrogen-bond donors (Lipinski definition) is 2. The smallest absolute Gasteiger partial charge is 0.309 e. The molecule has 1 heterocycles. The Bertz CT molecular complexity index is 1190. The van der Waals surface area contributed by atoms with Gasteiger partial charge in [0, 0.05) is 12.2 Å². The molecule has 0 aliphatic heterocycles. The quantitative estimate of drug-likeness (QED) is 0.265. The largest absolute Gasteiger partial charge is 0.487 e. The van der Waals surface area contributed by atoms with Gasteiger partial charge in [0.05, 0.1) is 16.8 Å². The molecule has 0 fully saturated rings. The average molecular weight is 501 g/mol. The first-order valence-corrected chi connectivity index (χ1v) is 13.1. The molecule has 2 N–H and O–H groups in total. The summed E-state index contributed by atoms with van der Waals surface area (Å²) in [7, 11) is 0. The Hall–Kier alpha value is -3.60. The maximum absolute atomic E-state index is 11.7. The van der Waals surface area contributed by atoms with Crippen LogP contribution in [0, 0.1) is 5.41 Å². The summed E-state index contributed by atoms with van der Waals surface area (Å²) in [5.74, 6) is 0.119. The fourth-order valence-electron chi connectivity index (χ4n) is 4.27. The second-order valence-corrected chi connectivity index (χ2v) is 10.5. The van der Waals surface area contributed by atoms with Gasteiger partial charge in [-0.05, 0) is 78.3 Å². The van der Waals surface area contributed by atoms with Crippen LogP contribution in [-0.2, 0) is 16.8 Å². The van der Waals surface area contributed by atoms with Gasteiger partial charge < -0.3 is 15.2 Å². The third-order valence-electron chi connectivity index (χ3n) is 7.01. The van der Waals surface area contributed by atoms with Gasteiger partial charge >= 0.3 is 5.97 Å². The van der Waals surface area contributed by atoms with Crippen molar-refractivity contribution in [1.29, 1.82) is 0 Å². The number of benzene rings is 2. The standard InChI is InChI=1S/C32H40N2O3/c1-6-32(7-2,30(35)36)20-21-33-27-12-8-10-24(22-27)14-17-26-11-9-13-28(34-26)23-37-29-18-15-25(16-19-29)31(3,4)5/h8-19,22,33H,6-7,20-21,23H2,1-5H3,(H,35,36). The molecule has 2 aromatic carbocycles. The zero-order valence-electron chi connectivity index (χ0n) is 22.8. The molecule has 0 saturated carbocycles. The van der Waals surface area contributed by atoms with Crippen molar-refractivity contribution in [3.05, 3.63) is 89.2 Å². The zero-order chi connectivity index (χ0) is 26.9. The summed E-state index contributed by atoms with van der Waals surface area (Å²) in [6, 6.07) is 22.3. The predicted molar refractivity (Wildman–Crippen MR) is 153 cm³/mol. The molecule has 5 heteroatoms. The Labute approximate surface area is 221 Å². The Morgan fingerprint density at radius 3 is 2.32 bits per heavy atom. The summed E-state index contributed by atoms with van der Waals surface area (Å²) in [6.07, 6.45) is 5.87. The van der Waals surface area contributed by atoms with Gasteiger partial charge in [0.15, 0.2) is 0 Å². The molecule has 0 spiro atoms. The SMILES string of the molecule is CCC(CC)(CCNc1cccc(C=Cc2cccc(COc3ccc(C(C)(C)C)cc3)n2)c1)C(=O)O.